The largest absolute Gasteiger partial charge is 0.335 e. The highest BCUT2D eigenvalue weighted by atomic mass is 32.1. The first-order valence-corrected chi connectivity index (χ1v) is 11.2. The second-order valence-electron chi connectivity index (χ2n) is 9.80. The number of carbonyl (C=O) groups is 1. The molecule has 0 N–H and O–H groups in total. The van der Waals surface area contributed by atoms with Crippen LogP contribution in [0.5, 0.6) is 0 Å². The molecule has 3 heterocycles. The maximum absolute atomic E-state index is 13.8. The number of aromatic nitrogens is 2. The molecule has 1 saturated heterocycles. The molecule has 2 atom stereocenters. The first-order valence-electron chi connectivity index (χ1n) is 10.3. The third kappa shape index (κ3) is 3.31. The Labute approximate surface area is 176 Å². The van der Waals surface area contributed by atoms with Crippen LogP contribution in [0.25, 0.3) is 16.3 Å². The Morgan fingerprint density at radius 2 is 1.90 bits per heavy atom. The number of nitrogens with zero attached hydrogens (tertiary/aromatic N) is 3. The highest BCUT2D eigenvalue weighted by Gasteiger charge is 2.51. The third-order valence-electron chi connectivity index (χ3n) is 6.40. The van der Waals surface area contributed by atoms with Crippen molar-refractivity contribution in [3.05, 3.63) is 59.6 Å². The normalized spacial score (nSPS) is 25.3. The van der Waals surface area contributed by atoms with Crippen LogP contribution in [0.2, 0.25) is 0 Å². The van der Waals surface area contributed by atoms with Gasteiger partial charge in [0.25, 0.3) is 5.91 Å². The van der Waals surface area contributed by atoms with E-state index in [1.165, 1.54) is 6.42 Å². The summed E-state index contributed by atoms with van der Waals surface area (Å²) in [5, 5.41) is 6.87. The maximum atomic E-state index is 13.8. The van der Waals surface area contributed by atoms with Crippen LogP contribution in [0.1, 0.15) is 50.4 Å². The number of benzene rings is 1. The van der Waals surface area contributed by atoms with E-state index in [1.807, 2.05) is 58.7 Å². The molecule has 29 heavy (non-hydrogen) atoms. The Morgan fingerprint density at radius 1 is 1.10 bits per heavy atom. The van der Waals surface area contributed by atoms with Gasteiger partial charge in [-0.15, -0.1) is 11.3 Å². The van der Waals surface area contributed by atoms with Gasteiger partial charge in [-0.3, -0.25) is 4.79 Å². The van der Waals surface area contributed by atoms with E-state index in [2.05, 4.69) is 25.7 Å². The summed E-state index contributed by atoms with van der Waals surface area (Å²) >= 11 is 1.63. The van der Waals surface area contributed by atoms with Crippen molar-refractivity contribution >= 4 is 17.2 Å². The van der Waals surface area contributed by atoms with E-state index in [0.717, 1.165) is 35.6 Å². The van der Waals surface area contributed by atoms with Crippen molar-refractivity contribution < 1.29 is 4.79 Å². The molecule has 4 nitrogen and oxygen atoms in total. The van der Waals surface area contributed by atoms with E-state index in [-0.39, 0.29) is 16.7 Å². The minimum absolute atomic E-state index is 0.127. The SMILES string of the molecule is CC1(C)C[C@H]2C[C@](C)(CN2C(=O)c2cn(-c3ccccc3)nc2-c2cccs2)C1. The van der Waals surface area contributed by atoms with Crippen LogP contribution in [0, 0.1) is 10.8 Å². The molecule has 1 aliphatic carbocycles. The van der Waals surface area contributed by atoms with E-state index in [4.69, 9.17) is 5.10 Å². The van der Waals surface area contributed by atoms with Gasteiger partial charge in [0.15, 0.2) is 0 Å². The van der Waals surface area contributed by atoms with E-state index in [9.17, 15) is 4.79 Å². The van der Waals surface area contributed by atoms with Gasteiger partial charge < -0.3 is 4.90 Å². The van der Waals surface area contributed by atoms with E-state index in [1.54, 1.807) is 11.3 Å². The molecule has 2 bridgehead atoms. The highest BCUT2D eigenvalue weighted by Crippen LogP contribution is 2.52. The Morgan fingerprint density at radius 3 is 2.62 bits per heavy atom. The van der Waals surface area contributed by atoms with Crippen molar-refractivity contribution in [3.8, 4) is 16.3 Å². The molecule has 1 aliphatic heterocycles. The lowest BCUT2D eigenvalue weighted by Crippen LogP contribution is -2.37. The van der Waals surface area contributed by atoms with Crippen molar-refractivity contribution in [1.82, 2.24) is 14.7 Å². The molecule has 5 heteroatoms. The molecule has 2 fully saturated rings. The molecule has 150 valence electrons. The van der Waals surface area contributed by atoms with Crippen LogP contribution in [0.3, 0.4) is 0 Å². The number of amides is 1. The summed E-state index contributed by atoms with van der Waals surface area (Å²) in [6.07, 6.45) is 5.29. The van der Waals surface area contributed by atoms with Crippen molar-refractivity contribution in [3.63, 3.8) is 0 Å². The zero-order valence-electron chi connectivity index (χ0n) is 17.3. The summed E-state index contributed by atoms with van der Waals surface area (Å²) in [7, 11) is 0. The molecule has 3 aromatic rings. The molecule has 0 radical (unpaired) electrons. The van der Waals surface area contributed by atoms with Gasteiger partial charge in [0.05, 0.1) is 16.1 Å². The minimum atomic E-state index is 0.127. The van der Waals surface area contributed by atoms with Crippen LogP contribution < -0.4 is 0 Å². The van der Waals surface area contributed by atoms with Crippen molar-refractivity contribution in [1.29, 1.82) is 0 Å². The summed E-state index contributed by atoms with van der Waals surface area (Å²) in [4.78, 5) is 17.0. The number of para-hydroxylation sites is 1. The molecular weight excluding hydrogens is 378 g/mol. The fraction of sp³-hybridized carbons (Fsp3) is 0.417. The molecule has 1 aromatic carbocycles. The van der Waals surface area contributed by atoms with Crippen LogP contribution >= 0.6 is 11.3 Å². The summed E-state index contributed by atoms with van der Waals surface area (Å²) in [5.74, 6) is 0.127. The van der Waals surface area contributed by atoms with Crippen LogP contribution in [-0.4, -0.2) is 33.2 Å². The summed E-state index contributed by atoms with van der Waals surface area (Å²) in [6.45, 7) is 7.88. The Balaban J connectivity index is 1.55. The number of likely N-dealkylation sites (tertiary alicyclic amines) is 1. The zero-order chi connectivity index (χ0) is 20.2. The molecular formula is C24H27N3OS. The second kappa shape index (κ2) is 6.56. The van der Waals surface area contributed by atoms with Crippen molar-refractivity contribution in [2.45, 2.75) is 46.1 Å². The number of fused-ring (bicyclic) bond motifs is 2. The molecule has 2 aliphatic rings. The predicted molar refractivity (Wildman–Crippen MR) is 117 cm³/mol. The van der Waals surface area contributed by atoms with Gasteiger partial charge in [-0.05, 0) is 53.7 Å². The summed E-state index contributed by atoms with van der Waals surface area (Å²) in [6, 6.07) is 14.4. The smallest absolute Gasteiger partial charge is 0.258 e. The Bertz CT molecular complexity index is 1040. The second-order valence-corrected chi connectivity index (χ2v) is 10.7. The molecule has 1 amide bonds. The monoisotopic (exact) mass is 405 g/mol. The van der Waals surface area contributed by atoms with Gasteiger partial charge in [0.2, 0.25) is 0 Å². The van der Waals surface area contributed by atoms with Crippen LogP contribution in [0.15, 0.2) is 54.0 Å². The molecule has 0 unspecified atom stereocenters. The number of hydrogen-bond donors (Lipinski definition) is 0. The van der Waals surface area contributed by atoms with Crippen molar-refractivity contribution in [2.75, 3.05) is 6.54 Å². The third-order valence-corrected chi connectivity index (χ3v) is 7.27. The van der Waals surface area contributed by atoms with E-state index >= 15 is 0 Å². The molecule has 0 spiro atoms. The number of hydrogen-bond acceptors (Lipinski definition) is 3. The fourth-order valence-corrected chi connectivity index (χ4v) is 6.41. The Kier molecular flexibility index (Phi) is 4.21. The first-order chi connectivity index (χ1) is 13.8. The zero-order valence-corrected chi connectivity index (χ0v) is 18.1. The van der Waals surface area contributed by atoms with Gasteiger partial charge in [-0.1, -0.05) is 45.0 Å². The highest BCUT2D eigenvalue weighted by molar-refractivity contribution is 7.13. The fourth-order valence-electron chi connectivity index (χ4n) is 5.69. The van der Waals surface area contributed by atoms with Gasteiger partial charge in [-0.25, -0.2) is 4.68 Å². The van der Waals surface area contributed by atoms with Crippen LogP contribution in [0.4, 0.5) is 0 Å². The van der Waals surface area contributed by atoms with Gasteiger partial charge >= 0.3 is 0 Å². The summed E-state index contributed by atoms with van der Waals surface area (Å²) < 4.78 is 1.84. The minimum Gasteiger partial charge on any atom is -0.335 e. The van der Waals surface area contributed by atoms with Crippen molar-refractivity contribution in [2.24, 2.45) is 10.8 Å². The first kappa shape index (κ1) is 18.6. The van der Waals surface area contributed by atoms with E-state index < -0.39 is 0 Å². The lowest BCUT2D eigenvalue weighted by atomic mass is 9.65. The topological polar surface area (TPSA) is 38.1 Å². The number of rotatable bonds is 3. The lowest BCUT2D eigenvalue weighted by molar-refractivity contribution is 0.0709. The van der Waals surface area contributed by atoms with Gasteiger partial charge in [0.1, 0.15) is 5.69 Å². The summed E-state index contributed by atoms with van der Waals surface area (Å²) in [5.41, 5.74) is 2.99. The predicted octanol–water partition coefficient (Wildman–Crippen LogP) is 5.64. The molecule has 5 rings (SSSR count). The lowest BCUT2D eigenvalue weighted by Gasteiger charge is -2.39. The number of thiophene rings is 1. The average Bonchev–Trinajstić information content (AvgIpc) is 3.38. The van der Waals surface area contributed by atoms with Crippen LogP contribution in [-0.2, 0) is 0 Å². The average molecular weight is 406 g/mol. The number of carbonyl (C=O) groups excluding carboxylic acids is 1. The maximum Gasteiger partial charge on any atom is 0.258 e. The molecule has 1 saturated carbocycles. The standard InChI is InChI=1S/C24H27N3OS/c1-23(2)12-18-13-24(3,15-23)16-26(18)22(28)19-14-27(17-8-5-4-6-9-17)25-21(19)20-10-7-11-29-20/h4-11,14,18H,12-13,15-16H2,1-3H3/t18-,24-/m0/s1. The van der Waals surface area contributed by atoms with E-state index in [0.29, 0.717) is 11.6 Å². The van der Waals surface area contributed by atoms with Gasteiger partial charge in [-0.2, -0.15) is 5.10 Å². The molecule has 2 aromatic heterocycles. The quantitative estimate of drug-likeness (QED) is 0.565. The Hall–Kier alpha value is -2.40. The van der Waals surface area contributed by atoms with Gasteiger partial charge in [0, 0.05) is 18.8 Å².